The molecule has 1 aliphatic carbocycles. The Labute approximate surface area is 146 Å². The lowest BCUT2D eigenvalue weighted by atomic mass is 9.91. The maximum atomic E-state index is 12.7. The smallest absolute Gasteiger partial charge is 0.234 e. The third-order valence-corrected chi connectivity index (χ3v) is 5.63. The van der Waals surface area contributed by atoms with Gasteiger partial charge in [0.25, 0.3) is 0 Å². The van der Waals surface area contributed by atoms with Crippen LogP contribution in [0.5, 0.6) is 0 Å². The van der Waals surface area contributed by atoms with Crippen molar-refractivity contribution < 1.29 is 4.79 Å². The van der Waals surface area contributed by atoms with Gasteiger partial charge in [0, 0.05) is 12.6 Å². The van der Waals surface area contributed by atoms with Crippen LogP contribution in [-0.2, 0) is 4.79 Å². The number of nitrogens with one attached hydrogen (secondary N) is 2. The van der Waals surface area contributed by atoms with E-state index in [-0.39, 0.29) is 11.9 Å². The molecule has 0 spiro atoms. The van der Waals surface area contributed by atoms with E-state index in [1.807, 2.05) is 13.1 Å². The summed E-state index contributed by atoms with van der Waals surface area (Å²) < 4.78 is 0. The van der Waals surface area contributed by atoms with E-state index in [2.05, 4.69) is 39.8 Å². The highest BCUT2D eigenvalue weighted by molar-refractivity contribution is 5.78. The molecule has 0 radical (unpaired) electrons. The fourth-order valence-electron chi connectivity index (χ4n) is 4.28. The molecule has 1 amide bonds. The predicted molar refractivity (Wildman–Crippen MR) is 97.8 cm³/mol. The van der Waals surface area contributed by atoms with E-state index < -0.39 is 0 Å². The van der Waals surface area contributed by atoms with E-state index in [4.69, 9.17) is 0 Å². The van der Waals surface area contributed by atoms with E-state index in [1.54, 1.807) is 0 Å². The van der Waals surface area contributed by atoms with Crippen LogP contribution in [0.3, 0.4) is 0 Å². The highest BCUT2D eigenvalue weighted by atomic mass is 16.2. The number of amides is 1. The maximum absolute atomic E-state index is 12.7. The number of hydrogen-bond donors (Lipinski definition) is 2. The Kier molecular flexibility index (Phi) is 6.27. The van der Waals surface area contributed by atoms with Gasteiger partial charge in [-0.25, -0.2) is 0 Å². The lowest BCUT2D eigenvalue weighted by Gasteiger charge is -2.33. The summed E-state index contributed by atoms with van der Waals surface area (Å²) in [6.07, 6.45) is 7.42. The van der Waals surface area contributed by atoms with Crippen molar-refractivity contribution in [2.24, 2.45) is 5.92 Å². The van der Waals surface area contributed by atoms with E-state index in [9.17, 15) is 4.79 Å². The minimum Gasteiger partial charge on any atom is -0.348 e. The zero-order valence-electron chi connectivity index (χ0n) is 14.8. The van der Waals surface area contributed by atoms with E-state index >= 15 is 0 Å². The van der Waals surface area contributed by atoms with Crippen LogP contribution in [0.4, 0.5) is 0 Å². The van der Waals surface area contributed by atoms with Gasteiger partial charge in [-0.1, -0.05) is 43.2 Å². The molecule has 2 fully saturated rings. The molecule has 0 aromatic heterocycles. The predicted octanol–water partition coefficient (Wildman–Crippen LogP) is 2.72. The van der Waals surface area contributed by atoms with E-state index in [1.165, 1.54) is 44.1 Å². The first-order chi connectivity index (χ1) is 11.8. The summed E-state index contributed by atoms with van der Waals surface area (Å²) in [4.78, 5) is 15.0. The topological polar surface area (TPSA) is 44.4 Å². The van der Waals surface area contributed by atoms with Gasteiger partial charge in [-0.15, -0.1) is 0 Å². The number of benzene rings is 1. The molecule has 3 rings (SSSR count). The summed E-state index contributed by atoms with van der Waals surface area (Å²) in [5.41, 5.74) is 1.25. The van der Waals surface area contributed by atoms with Crippen molar-refractivity contribution >= 4 is 5.91 Å². The molecule has 0 bridgehead atoms. The number of nitrogens with zero attached hydrogens (tertiary/aromatic N) is 1. The van der Waals surface area contributed by atoms with Gasteiger partial charge in [0.1, 0.15) is 0 Å². The molecule has 4 heteroatoms. The van der Waals surface area contributed by atoms with Crippen LogP contribution in [0.2, 0.25) is 0 Å². The van der Waals surface area contributed by atoms with Crippen LogP contribution in [0.25, 0.3) is 0 Å². The Hall–Kier alpha value is -1.39. The highest BCUT2D eigenvalue weighted by Crippen LogP contribution is 2.35. The van der Waals surface area contributed by atoms with Gasteiger partial charge in [0.15, 0.2) is 0 Å². The van der Waals surface area contributed by atoms with Crippen molar-refractivity contribution in [1.29, 1.82) is 0 Å². The number of carbonyl (C=O) groups is 1. The normalized spacial score (nSPS) is 24.0. The summed E-state index contributed by atoms with van der Waals surface area (Å²) in [5.74, 6) is 0.760. The molecule has 1 saturated carbocycles. The molecule has 2 atom stereocenters. The van der Waals surface area contributed by atoms with Gasteiger partial charge >= 0.3 is 0 Å². The van der Waals surface area contributed by atoms with Crippen LogP contribution in [0, 0.1) is 5.92 Å². The van der Waals surface area contributed by atoms with E-state index in [0.29, 0.717) is 18.5 Å². The van der Waals surface area contributed by atoms with Crippen molar-refractivity contribution in [3.63, 3.8) is 0 Å². The molecular formula is C20H31N3O. The maximum Gasteiger partial charge on any atom is 0.234 e. The second kappa shape index (κ2) is 8.63. The first-order valence-electron chi connectivity index (χ1n) is 9.50. The minimum atomic E-state index is 0.172. The molecule has 1 aromatic rings. The molecule has 1 saturated heterocycles. The zero-order chi connectivity index (χ0) is 16.8. The van der Waals surface area contributed by atoms with E-state index in [0.717, 1.165) is 13.1 Å². The fourth-order valence-corrected chi connectivity index (χ4v) is 4.28. The average Bonchev–Trinajstić information content (AvgIpc) is 3.15. The summed E-state index contributed by atoms with van der Waals surface area (Å²) >= 11 is 0. The minimum absolute atomic E-state index is 0.172. The Morgan fingerprint density at radius 2 is 1.92 bits per heavy atom. The number of hydrogen-bond acceptors (Lipinski definition) is 3. The van der Waals surface area contributed by atoms with Crippen LogP contribution in [-0.4, -0.2) is 43.5 Å². The second-order valence-corrected chi connectivity index (χ2v) is 7.36. The van der Waals surface area contributed by atoms with Crippen LogP contribution < -0.4 is 10.6 Å². The Bertz CT molecular complexity index is 513. The number of likely N-dealkylation sites (N-methyl/N-ethyl adjacent to an activating group) is 1. The van der Waals surface area contributed by atoms with Gasteiger partial charge < -0.3 is 10.6 Å². The zero-order valence-corrected chi connectivity index (χ0v) is 14.8. The summed E-state index contributed by atoms with van der Waals surface area (Å²) in [5, 5.41) is 6.70. The van der Waals surface area contributed by atoms with Crippen molar-refractivity contribution in [1.82, 2.24) is 15.5 Å². The van der Waals surface area contributed by atoms with Crippen LogP contribution in [0.15, 0.2) is 30.3 Å². The molecule has 1 heterocycles. The second-order valence-electron chi connectivity index (χ2n) is 7.36. The van der Waals surface area contributed by atoms with Gasteiger partial charge in [0.2, 0.25) is 5.91 Å². The highest BCUT2D eigenvalue weighted by Gasteiger charge is 2.28. The molecule has 4 nitrogen and oxygen atoms in total. The average molecular weight is 329 g/mol. The molecule has 24 heavy (non-hydrogen) atoms. The number of piperidine rings is 1. The molecule has 1 aromatic carbocycles. The standard InChI is InChI=1S/C20H31N3O/c1-21-18-12-7-13-23(14-18)15-19(24)22-20(17-10-5-6-11-17)16-8-3-2-4-9-16/h2-4,8-9,17-18,20-21H,5-7,10-15H2,1H3,(H,22,24). The molecular weight excluding hydrogens is 298 g/mol. The van der Waals surface area contributed by atoms with Crippen molar-refractivity contribution in [2.75, 3.05) is 26.7 Å². The number of rotatable bonds is 6. The molecule has 1 aliphatic heterocycles. The van der Waals surface area contributed by atoms with Gasteiger partial charge in [-0.3, -0.25) is 9.69 Å². The summed E-state index contributed by atoms with van der Waals surface area (Å²) in [7, 11) is 2.01. The number of carbonyl (C=O) groups excluding carboxylic acids is 1. The summed E-state index contributed by atoms with van der Waals surface area (Å²) in [6, 6.07) is 11.2. The summed E-state index contributed by atoms with van der Waals surface area (Å²) in [6.45, 7) is 2.53. The molecule has 2 N–H and O–H groups in total. The third-order valence-electron chi connectivity index (χ3n) is 5.63. The van der Waals surface area contributed by atoms with Crippen LogP contribution in [0.1, 0.15) is 50.1 Å². The molecule has 132 valence electrons. The van der Waals surface area contributed by atoms with Gasteiger partial charge in [-0.2, -0.15) is 0 Å². The van der Waals surface area contributed by atoms with Gasteiger partial charge in [-0.05, 0) is 50.8 Å². The lowest BCUT2D eigenvalue weighted by Crippen LogP contribution is -2.48. The monoisotopic (exact) mass is 329 g/mol. The van der Waals surface area contributed by atoms with Crippen molar-refractivity contribution in [3.05, 3.63) is 35.9 Å². The first-order valence-corrected chi connectivity index (χ1v) is 9.50. The fraction of sp³-hybridized carbons (Fsp3) is 0.650. The quantitative estimate of drug-likeness (QED) is 0.843. The van der Waals surface area contributed by atoms with Gasteiger partial charge in [0.05, 0.1) is 12.6 Å². The Morgan fingerprint density at radius 3 is 2.62 bits per heavy atom. The molecule has 2 aliphatic rings. The van der Waals surface area contributed by atoms with Crippen LogP contribution >= 0.6 is 0 Å². The Balaban J connectivity index is 1.60. The SMILES string of the molecule is CNC1CCCN(CC(=O)NC(c2ccccc2)C2CCCC2)C1. The first kappa shape index (κ1) is 17.4. The molecule has 2 unspecified atom stereocenters. The van der Waals surface area contributed by atoms with Crippen molar-refractivity contribution in [3.8, 4) is 0 Å². The number of likely N-dealkylation sites (tertiary alicyclic amines) is 1. The third kappa shape index (κ3) is 4.58. The lowest BCUT2D eigenvalue weighted by molar-refractivity contribution is -0.123. The van der Waals surface area contributed by atoms with Crippen molar-refractivity contribution in [2.45, 2.75) is 50.6 Å². The largest absolute Gasteiger partial charge is 0.348 e. The Morgan fingerprint density at radius 1 is 1.17 bits per heavy atom.